The Hall–Kier alpha value is -1.32. The molecule has 2 atom stereocenters. The summed E-state index contributed by atoms with van der Waals surface area (Å²) in [4.78, 5) is 10.7. The van der Waals surface area contributed by atoms with Gasteiger partial charge in [-0.15, -0.1) is 0 Å². The first-order chi connectivity index (χ1) is 8.33. The van der Waals surface area contributed by atoms with Crippen LogP contribution in [0.5, 0.6) is 0 Å². The van der Waals surface area contributed by atoms with E-state index in [0.29, 0.717) is 5.82 Å². The molecule has 2 heterocycles. The molecule has 0 amide bonds. The number of hydrogen-bond acceptors (Lipinski definition) is 4. The van der Waals surface area contributed by atoms with Gasteiger partial charge in [0.2, 0.25) is 0 Å². The van der Waals surface area contributed by atoms with Crippen molar-refractivity contribution >= 4 is 11.6 Å². The van der Waals surface area contributed by atoms with Crippen LogP contribution in [0.2, 0.25) is 0 Å². The van der Waals surface area contributed by atoms with Crippen molar-refractivity contribution in [1.29, 1.82) is 0 Å². The van der Waals surface area contributed by atoms with Gasteiger partial charge < -0.3 is 10.6 Å². The first-order valence-electron chi connectivity index (χ1n) is 6.65. The second-order valence-electron chi connectivity index (χ2n) is 5.34. The van der Waals surface area contributed by atoms with Crippen LogP contribution in [0.15, 0.2) is 12.4 Å². The average molecular weight is 232 g/mol. The summed E-state index contributed by atoms with van der Waals surface area (Å²) < 4.78 is 0. The topological polar surface area (TPSA) is 55.0 Å². The number of anilines is 2. The zero-order chi connectivity index (χ0) is 11.7. The maximum atomic E-state index is 5.72. The van der Waals surface area contributed by atoms with Gasteiger partial charge in [0, 0.05) is 19.2 Å². The van der Waals surface area contributed by atoms with Gasteiger partial charge >= 0.3 is 0 Å². The van der Waals surface area contributed by atoms with E-state index in [1.165, 1.54) is 32.1 Å². The molecular weight excluding hydrogens is 212 g/mol. The van der Waals surface area contributed by atoms with E-state index in [2.05, 4.69) is 14.9 Å². The Morgan fingerprint density at radius 2 is 1.94 bits per heavy atom. The first kappa shape index (κ1) is 10.8. The third-order valence-corrected chi connectivity index (χ3v) is 4.29. The summed E-state index contributed by atoms with van der Waals surface area (Å²) in [7, 11) is 0. The molecular formula is C13H20N4. The van der Waals surface area contributed by atoms with Crippen LogP contribution in [0, 0.1) is 11.8 Å². The Morgan fingerprint density at radius 1 is 1.12 bits per heavy atom. The molecule has 1 saturated carbocycles. The van der Waals surface area contributed by atoms with Crippen LogP contribution < -0.4 is 10.6 Å². The normalized spacial score (nSPS) is 28.8. The monoisotopic (exact) mass is 232 g/mol. The summed E-state index contributed by atoms with van der Waals surface area (Å²) in [5.74, 6) is 3.40. The lowest BCUT2D eigenvalue weighted by Gasteiger charge is -2.41. The van der Waals surface area contributed by atoms with Gasteiger partial charge in [-0.3, -0.25) is 0 Å². The average Bonchev–Trinajstić information content (AvgIpc) is 2.38. The van der Waals surface area contributed by atoms with E-state index in [-0.39, 0.29) is 0 Å². The molecule has 2 N–H and O–H groups in total. The van der Waals surface area contributed by atoms with Crippen molar-refractivity contribution in [2.45, 2.75) is 32.1 Å². The zero-order valence-electron chi connectivity index (χ0n) is 10.2. The van der Waals surface area contributed by atoms with Gasteiger partial charge in [0.25, 0.3) is 0 Å². The molecule has 0 radical (unpaired) electrons. The zero-order valence-corrected chi connectivity index (χ0v) is 10.2. The van der Waals surface area contributed by atoms with Crippen molar-refractivity contribution in [1.82, 2.24) is 9.97 Å². The van der Waals surface area contributed by atoms with Crippen LogP contribution >= 0.6 is 0 Å². The largest absolute Gasteiger partial charge is 0.384 e. The third kappa shape index (κ3) is 2.21. The van der Waals surface area contributed by atoms with Gasteiger partial charge in [-0.1, -0.05) is 19.3 Å². The lowest BCUT2D eigenvalue weighted by molar-refractivity contribution is 0.202. The predicted octanol–water partition coefficient (Wildman–Crippen LogP) is 2.08. The third-order valence-electron chi connectivity index (χ3n) is 4.29. The molecule has 4 heteroatoms. The molecule has 0 aromatic carbocycles. The minimum Gasteiger partial charge on any atom is -0.384 e. The van der Waals surface area contributed by atoms with Crippen LogP contribution in [0.4, 0.5) is 11.6 Å². The van der Waals surface area contributed by atoms with Crippen LogP contribution in [-0.2, 0) is 0 Å². The van der Waals surface area contributed by atoms with Gasteiger partial charge in [0.05, 0.1) is 0 Å². The van der Waals surface area contributed by atoms with Crippen molar-refractivity contribution in [2.24, 2.45) is 11.8 Å². The van der Waals surface area contributed by atoms with Crippen molar-refractivity contribution in [3.63, 3.8) is 0 Å². The van der Waals surface area contributed by atoms with Crippen LogP contribution in [0.3, 0.4) is 0 Å². The van der Waals surface area contributed by atoms with Crippen molar-refractivity contribution in [3.8, 4) is 0 Å². The van der Waals surface area contributed by atoms with E-state index in [4.69, 9.17) is 5.73 Å². The first-order valence-corrected chi connectivity index (χ1v) is 6.65. The molecule has 1 aromatic heterocycles. The van der Waals surface area contributed by atoms with Crippen LogP contribution in [0.25, 0.3) is 0 Å². The van der Waals surface area contributed by atoms with Crippen molar-refractivity contribution < 1.29 is 0 Å². The minimum atomic E-state index is 0.570. The lowest BCUT2D eigenvalue weighted by Crippen LogP contribution is -2.42. The van der Waals surface area contributed by atoms with Crippen molar-refractivity contribution in [2.75, 3.05) is 23.7 Å². The Kier molecular flexibility index (Phi) is 2.87. The molecule has 1 aliphatic carbocycles. The Balaban J connectivity index is 1.73. The molecule has 17 heavy (non-hydrogen) atoms. The van der Waals surface area contributed by atoms with Gasteiger partial charge in [-0.25, -0.2) is 9.97 Å². The fraction of sp³-hybridized carbons (Fsp3) is 0.692. The number of fused-ring (bicyclic) bond motifs is 1. The van der Waals surface area contributed by atoms with E-state index in [1.54, 1.807) is 6.33 Å². The Bertz CT molecular complexity index is 393. The lowest BCUT2D eigenvalue weighted by atomic mass is 9.75. The number of aromatic nitrogens is 2. The van der Waals surface area contributed by atoms with Gasteiger partial charge in [-0.05, 0) is 24.7 Å². The Labute approximate surface area is 102 Å². The standard InChI is InChI=1S/C13H20N4/c14-12-7-13(16-9-15-12)17-6-5-10-3-1-2-4-11(10)8-17/h7,9-11H,1-6,8H2,(H2,14,15,16). The molecule has 1 aliphatic heterocycles. The smallest absolute Gasteiger partial charge is 0.134 e. The number of rotatable bonds is 1. The molecule has 1 aromatic rings. The maximum absolute atomic E-state index is 5.72. The fourth-order valence-electron chi connectivity index (χ4n) is 3.34. The van der Waals surface area contributed by atoms with E-state index in [9.17, 15) is 0 Å². The molecule has 2 aliphatic rings. The van der Waals surface area contributed by atoms with E-state index in [1.807, 2.05) is 6.07 Å². The number of nitrogen functional groups attached to an aromatic ring is 1. The number of nitrogens with two attached hydrogens (primary N) is 1. The van der Waals surface area contributed by atoms with Crippen molar-refractivity contribution in [3.05, 3.63) is 12.4 Å². The fourth-order valence-corrected chi connectivity index (χ4v) is 3.34. The highest BCUT2D eigenvalue weighted by atomic mass is 15.2. The molecule has 4 nitrogen and oxygen atoms in total. The highest BCUT2D eigenvalue weighted by Crippen LogP contribution is 2.37. The molecule has 92 valence electrons. The highest BCUT2D eigenvalue weighted by molar-refractivity contribution is 5.46. The van der Waals surface area contributed by atoms with E-state index in [0.717, 1.165) is 30.7 Å². The maximum Gasteiger partial charge on any atom is 0.134 e. The predicted molar refractivity (Wildman–Crippen MR) is 68.7 cm³/mol. The van der Waals surface area contributed by atoms with Gasteiger partial charge in [0.1, 0.15) is 18.0 Å². The quantitative estimate of drug-likeness (QED) is 0.805. The SMILES string of the molecule is Nc1cc(N2CCC3CCCCC3C2)ncn1. The molecule has 2 unspecified atom stereocenters. The molecule has 0 spiro atoms. The van der Waals surface area contributed by atoms with E-state index >= 15 is 0 Å². The number of nitrogens with zero attached hydrogens (tertiary/aromatic N) is 3. The second kappa shape index (κ2) is 4.51. The summed E-state index contributed by atoms with van der Waals surface area (Å²) in [5, 5.41) is 0. The summed E-state index contributed by atoms with van der Waals surface area (Å²) in [6.07, 6.45) is 8.54. The van der Waals surface area contributed by atoms with Crippen LogP contribution in [-0.4, -0.2) is 23.1 Å². The van der Waals surface area contributed by atoms with Gasteiger partial charge in [0.15, 0.2) is 0 Å². The summed E-state index contributed by atoms with van der Waals surface area (Å²) in [6, 6.07) is 1.89. The molecule has 3 rings (SSSR count). The summed E-state index contributed by atoms with van der Waals surface area (Å²) >= 11 is 0. The van der Waals surface area contributed by atoms with Gasteiger partial charge in [-0.2, -0.15) is 0 Å². The number of piperidine rings is 1. The molecule has 0 bridgehead atoms. The van der Waals surface area contributed by atoms with Crippen LogP contribution in [0.1, 0.15) is 32.1 Å². The highest BCUT2D eigenvalue weighted by Gasteiger charge is 2.31. The summed E-state index contributed by atoms with van der Waals surface area (Å²) in [6.45, 7) is 2.28. The Morgan fingerprint density at radius 3 is 2.76 bits per heavy atom. The molecule has 1 saturated heterocycles. The number of hydrogen-bond donors (Lipinski definition) is 1. The molecule has 2 fully saturated rings. The van der Waals surface area contributed by atoms with E-state index < -0.39 is 0 Å². The second-order valence-corrected chi connectivity index (χ2v) is 5.34. The summed E-state index contributed by atoms with van der Waals surface area (Å²) in [5.41, 5.74) is 5.72. The minimum absolute atomic E-state index is 0.570.